The monoisotopic (exact) mass is 188 g/mol. The van der Waals surface area contributed by atoms with Crippen molar-refractivity contribution in [1.82, 2.24) is 0 Å². The van der Waals surface area contributed by atoms with Crippen molar-refractivity contribution < 1.29 is 5.11 Å². The van der Waals surface area contributed by atoms with Gasteiger partial charge in [0.05, 0.1) is 0 Å². The Kier molecular flexibility index (Phi) is 2.69. The van der Waals surface area contributed by atoms with E-state index in [2.05, 4.69) is 37.3 Å². The SMILES string of the molecule is CC(CO)CC1=CCc2ccccc21. The Morgan fingerprint density at radius 2 is 2.14 bits per heavy atom. The first kappa shape index (κ1) is 9.47. The van der Waals surface area contributed by atoms with Gasteiger partial charge in [-0.2, -0.15) is 0 Å². The second-order valence-electron chi connectivity index (χ2n) is 4.08. The lowest BCUT2D eigenvalue weighted by molar-refractivity contribution is 0.240. The van der Waals surface area contributed by atoms with Crippen LogP contribution < -0.4 is 0 Å². The first-order chi connectivity index (χ1) is 6.81. The molecule has 2 rings (SSSR count). The molecule has 1 aromatic carbocycles. The van der Waals surface area contributed by atoms with Gasteiger partial charge in [-0.3, -0.25) is 0 Å². The van der Waals surface area contributed by atoms with E-state index in [1.165, 1.54) is 16.7 Å². The van der Waals surface area contributed by atoms with Crippen LogP contribution in [0.1, 0.15) is 24.5 Å². The van der Waals surface area contributed by atoms with E-state index in [1.807, 2.05) is 0 Å². The predicted octanol–water partition coefficient (Wildman–Crippen LogP) is 2.64. The molecule has 1 N–H and O–H groups in total. The molecule has 1 aliphatic carbocycles. The molecule has 0 amide bonds. The van der Waals surface area contributed by atoms with Crippen LogP contribution in [0.3, 0.4) is 0 Å². The quantitative estimate of drug-likeness (QED) is 0.773. The van der Waals surface area contributed by atoms with Gasteiger partial charge in [-0.15, -0.1) is 0 Å². The molecular weight excluding hydrogens is 172 g/mol. The molecule has 1 unspecified atom stereocenters. The summed E-state index contributed by atoms with van der Waals surface area (Å²) in [6.45, 7) is 2.36. The highest BCUT2D eigenvalue weighted by Crippen LogP contribution is 2.31. The van der Waals surface area contributed by atoms with E-state index in [-0.39, 0.29) is 6.61 Å². The lowest BCUT2D eigenvalue weighted by Gasteiger charge is -2.10. The molecule has 1 nitrogen and oxygen atoms in total. The Bertz CT molecular complexity index is 352. The fourth-order valence-electron chi connectivity index (χ4n) is 1.99. The number of aliphatic hydroxyl groups excluding tert-OH is 1. The summed E-state index contributed by atoms with van der Waals surface area (Å²) in [5, 5.41) is 9.02. The van der Waals surface area contributed by atoms with E-state index in [0.717, 1.165) is 12.8 Å². The Hall–Kier alpha value is -1.08. The lowest BCUT2D eigenvalue weighted by atomic mass is 9.97. The van der Waals surface area contributed by atoms with Crippen molar-refractivity contribution in [3.63, 3.8) is 0 Å². The van der Waals surface area contributed by atoms with Crippen LogP contribution in [0.4, 0.5) is 0 Å². The number of hydrogen-bond acceptors (Lipinski definition) is 1. The molecule has 0 bridgehead atoms. The standard InChI is InChI=1S/C13H16O/c1-10(9-14)8-12-7-6-11-4-2-3-5-13(11)12/h2-5,7,10,14H,6,8-9H2,1H3. The summed E-state index contributed by atoms with van der Waals surface area (Å²) in [5.74, 6) is 0.368. The molecule has 0 aromatic heterocycles. The van der Waals surface area contributed by atoms with E-state index in [9.17, 15) is 0 Å². The lowest BCUT2D eigenvalue weighted by Crippen LogP contribution is -2.01. The summed E-state index contributed by atoms with van der Waals surface area (Å²) >= 11 is 0. The Labute approximate surface area is 85.1 Å². The molecule has 1 atom stereocenters. The highest BCUT2D eigenvalue weighted by atomic mass is 16.3. The molecule has 0 fully saturated rings. The maximum atomic E-state index is 9.02. The third-order valence-electron chi connectivity index (χ3n) is 2.81. The zero-order valence-electron chi connectivity index (χ0n) is 8.53. The molecule has 0 saturated heterocycles. The van der Waals surface area contributed by atoms with Gasteiger partial charge in [-0.25, -0.2) is 0 Å². The van der Waals surface area contributed by atoms with E-state index in [4.69, 9.17) is 5.11 Å². The summed E-state index contributed by atoms with van der Waals surface area (Å²) in [6.07, 6.45) is 4.34. The zero-order valence-corrected chi connectivity index (χ0v) is 8.53. The van der Waals surface area contributed by atoms with Crippen molar-refractivity contribution in [2.24, 2.45) is 5.92 Å². The first-order valence-corrected chi connectivity index (χ1v) is 5.19. The third kappa shape index (κ3) is 1.73. The molecule has 0 heterocycles. The minimum Gasteiger partial charge on any atom is -0.396 e. The van der Waals surface area contributed by atoms with Gasteiger partial charge in [-0.1, -0.05) is 37.3 Å². The Balaban J connectivity index is 2.17. The van der Waals surface area contributed by atoms with Crippen molar-refractivity contribution in [1.29, 1.82) is 0 Å². The smallest absolute Gasteiger partial charge is 0.0459 e. The largest absolute Gasteiger partial charge is 0.396 e. The van der Waals surface area contributed by atoms with Crippen molar-refractivity contribution >= 4 is 5.57 Å². The molecule has 74 valence electrons. The number of aliphatic hydroxyl groups is 1. The number of rotatable bonds is 3. The van der Waals surface area contributed by atoms with Crippen LogP contribution in [0.2, 0.25) is 0 Å². The number of fused-ring (bicyclic) bond motifs is 1. The second-order valence-corrected chi connectivity index (χ2v) is 4.08. The summed E-state index contributed by atoms with van der Waals surface area (Å²) in [6, 6.07) is 8.54. The minimum absolute atomic E-state index is 0.277. The molecule has 1 aromatic rings. The molecule has 0 saturated carbocycles. The number of allylic oxidation sites excluding steroid dienone is 2. The van der Waals surface area contributed by atoms with Crippen molar-refractivity contribution in [3.05, 3.63) is 41.5 Å². The molecule has 14 heavy (non-hydrogen) atoms. The van der Waals surface area contributed by atoms with Crippen LogP contribution in [0.5, 0.6) is 0 Å². The second kappa shape index (κ2) is 3.97. The highest BCUT2D eigenvalue weighted by Gasteiger charge is 2.14. The average Bonchev–Trinajstić information content (AvgIpc) is 2.62. The molecule has 1 aliphatic rings. The fraction of sp³-hybridized carbons (Fsp3) is 0.385. The zero-order chi connectivity index (χ0) is 9.97. The summed E-state index contributed by atoms with van der Waals surface area (Å²) in [5.41, 5.74) is 4.21. The minimum atomic E-state index is 0.277. The van der Waals surface area contributed by atoms with Crippen LogP contribution in [0, 0.1) is 5.92 Å². The highest BCUT2D eigenvalue weighted by molar-refractivity contribution is 5.73. The van der Waals surface area contributed by atoms with Crippen LogP contribution in [-0.4, -0.2) is 11.7 Å². The predicted molar refractivity (Wildman–Crippen MR) is 59.0 cm³/mol. The van der Waals surface area contributed by atoms with Gasteiger partial charge in [-0.05, 0) is 35.5 Å². The summed E-state index contributed by atoms with van der Waals surface area (Å²) < 4.78 is 0. The van der Waals surface area contributed by atoms with E-state index >= 15 is 0 Å². The van der Waals surface area contributed by atoms with E-state index < -0.39 is 0 Å². The Morgan fingerprint density at radius 3 is 2.93 bits per heavy atom. The molecule has 0 spiro atoms. The molecule has 1 heteroatoms. The van der Waals surface area contributed by atoms with Crippen molar-refractivity contribution in [2.45, 2.75) is 19.8 Å². The van der Waals surface area contributed by atoms with Crippen molar-refractivity contribution in [3.8, 4) is 0 Å². The van der Waals surface area contributed by atoms with Crippen LogP contribution in [-0.2, 0) is 6.42 Å². The Morgan fingerprint density at radius 1 is 1.36 bits per heavy atom. The molecular formula is C13H16O. The average molecular weight is 188 g/mol. The normalized spacial score (nSPS) is 16.3. The molecule has 0 aliphatic heterocycles. The van der Waals surface area contributed by atoms with Crippen LogP contribution in [0.25, 0.3) is 5.57 Å². The molecule has 0 radical (unpaired) electrons. The van der Waals surface area contributed by atoms with Crippen LogP contribution in [0.15, 0.2) is 30.3 Å². The van der Waals surface area contributed by atoms with Crippen LogP contribution >= 0.6 is 0 Å². The van der Waals surface area contributed by atoms with Gasteiger partial charge in [0.25, 0.3) is 0 Å². The fourth-order valence-corrected chi connectivity index (χ4v) is 1.99. The summed E-state index contributed by atoms with van der Waals surface area (Å²) in [7, 11) is 0. The maximum Gasteiger partial charge on any atom is 0.0459 e. The van der Waals surface area contributed by atoms with E-state index in [1.54, 1.807) is 0 Å². The van der Waals surface area contributed by atoms with Gasteiger partial charge in [0.15, 0.2) is 0 Å². The van der Waals surface area contributed by atoms with Gasteiger partial charge in [0.1, 0.15) is 0 Å². The van der Waals surface area contributed by atoms with E-state index in [0.29, 0.717) is 5.92 Å². The first-order valence-electron chi connectivity index (χ1n) is 5.19. The number of hydrogen-bond donors (Lipinski definition) is 1. The van der Waals surface area contributed by atoms with Crippen molar-refractivity contribution in [2.75, 3.05) is 6.61 Å². The number of benzene rings is 1. The third-order valence-corrected chi connectivity index (χ3v) is 2.81. The summed E-state index contributed by atoms with van der Waals surface area (Å²) in [4.78, 5) is 0. The van der Waals surface area contributed by atoms with Gasteiger partial charge in [0, 0.05) is 6.61 Å². The van der Waals surface area contributed by atoms with Gasteiger partial charge < -0.3 is 5.11 Å². The van der Waals surface area contributed by atoms with Gasteiger partial charge in [0.2, 0.25) is 0 Å². The van der Waals surface area contributed by atoms with Gasteiger partial charge >= 0.3 is 0 Å². The maximum absolute atomic E-state index is 9.02. The topological polar surface area (TPSA) is 20.2 Å².